The smallest absolute Gasteiger partial charge is 0.197 e. The summed E-state index contributed by atoms with van der Waals surface area (Å²) >= 11 is 1.69. The van der Waals surface area contributed by atoms with Crippen molar-refractivity contribution in [2.45, 2.75) is 26.2 Å². The van der Waals surface area contributed by atoms with Crippen molar-refractivity contribution in [2.75, 3.05) is 4.90 Å². The molecule has 0 amide bonds. The van der Waals surface area contributed by atoms with E-state index in [0.717, 1.165) is 26.8 Å². The van der Waals surface area contributed by atoms with E-state index in [1.165, 1.54) is 22.5 Å². The quantitative estimate of drug-likeness (QED) is 0.330. The Labute approximate surface area is 173 Å². The van der Waals surface area contributed by atoms with Crippen molar-refractivity contribution in [3.63, 3.8) is 0 Å². The molecule has 0 saturated heterocycles. The summed E-state index contributed by atoms with van der Waals surface area (Å²) in [5, 5.41) is 0. The van der Waals surface area contributed by atoms with Gasteiger partial charge in [0.25, 0.3) is 0 Å². The molecular formula is C24H20N4S. The van der Waals surface area contributed by atoms with Crippen LogP contribution in [0.2, 0.25) is 0 Å². The second kappa shape index (κ2) is 5.67. The second-order valence-corrected chi connectivity index (χ2v) is 9.07. The largest absolute Gasteiger partial charge is 0.294 e. The molecule has 142 valence electrons. The fourth-order valence-electron chi connectivity index (χ4n) is 4.64. The van der Waals surface area contributed by atoms with Crippen molar-refractivity contribution in [3.8, 4) is 0 Å². The molecule has 0 bridgehead atoms. The van der Waals surface area contributed by atoms with Crippen molar-refractivity contribution in [3.05, 3.63) is 83.7 Å². The molecule has 5 aromatic rings. The molecule has 0 aliphatic carbocycles. The lowest BCUT2D eigenvalue weighted by Crippen LogP contribution is -2.31. The van der Waals surface area contributed by atoms with Crippen LogP contribution in [-0.2, 0) is 5.41 Å². The molecular weight excluding hydrogens is 376 g/mol. The van der Waals surface area contributed by atoms with E-state index in [4.69, 9.17) is 4.98 Å². The maximum Gasteiger partial charge on any atom is 0.197 e. The number of pyridine rings is 1. The summed E-state index contributed by atoms with van der Waals surface area (Å²) in [5.74, 6) is 1.07. The van der Waals surface area contributed by atoms with Crippen LogP contribution in [0.5, 0.6) is 0 Å². The van der Waals surface area contributed by atoms with Gasteiger partial charge < -0.3 is 0 Å². The Morgan fingerprint density at radius 3 is 2.21 bits per heavy atom. The van der Waals surface area contributed by atoms with Gasteiger partial charge in [-0.05, 0) is 42.3 Å². The van der Waals surface area contributed by atoms with E-state index in [1.807, 2.05) is 12.3 Å². The van der Waals surface area contributed by atoms with E-state index in [1.54, 1.807) is 11.3 Å². The highest BCUT2D eigenvalue weighted by Crippen LogP contribution is 2.52. The van der Waals surface area contributed by atoms with Crippen molar-refractivity contribution < 1.29 is 0 Å². The Morgan fingerprint density at radius 1 is 0.862 bits per heavy atom. The summed E-state index contributed by atoms with van der Waals surface area (Å²) in [7, 11) is 0. The molecule has 2 aromatic carbocycles. The zero-order valence-electron chi connectivity index (χ0n) is 16.5. The number of anilines is 3. The highest BCUT2D eigenvalue weighted by atomic mass is 32.1. The average Bonchev–Trinajstić information content (AvgIpc) is 3.24. The number of thiazole rings is 1. The first-order chi connectivity index (χ1) is 14.1. The van der Waals surface area contributed by atoms with Gasteiger partial charge in [-0.3, -0.25) is 9.30 Å². The molecule has 4 nitrogen and oxygen atoms in total. The van der Waals surface area contributed by atoms with Crippen LogP contribution in [0.15, 0.2) is 66.9 Å². The number of rotatable bonds is 1. The molecule has 6 rings (SSSR count). The number of para-hydroxylation sites is 2. The summed E-state index contributed by atoms with van der Waals surface area (Å²) in [6.45, 7) is 6.71. The fraction of sp³-hybridized carbons (Fsp3) is 0.167. The number of hydrogen-bond acceptors (Lipinski definition) is 4. The van der Waals surface area contributed by atoms with Crippen LogP contribution in [0.4, 0.5) is 17.2 Å². The van der Waals surface area contributed by atoms with Crippen LogP contribution < -0.4 is 4.90 Å². The Kier molecular flexibility index (Phi) is 3.28. The number of benzene rings is 2. The topological polar surface area (TPSA) is 33.4 Å². The van der Waals surface area contributed by atoms with E-state index in [0.29, 0.717) is 0 Å². The minimum Gasteiger partial charge on any atom is -0.294 e. The first-order valence-corrected chi connectivity index (χ1v) is 10.6. The fourth-order valence-corrected chi connectivity index (χ4v) is 5.67. The summed E-state index contributed by atoms with van der Waals surface area (Å²) in [6.07, 6.45) is 1.86. The van der Waals surface area contributed by atoms with Gasteiger partial charge in [-0.25, -0.2) is 9.97 Å². The summed E-state index contributed by atoms with van der Waals surface area (Å²) in [6, 6.07) is 21.5. The van der Waals surface area contributed by atoms with Gasteiger partial charge in [-0.1, -0.05) is 61.6 Å². The third kappa shape index (κ3) is 2.13. The zero-order valence-corrected chi connectivity index (χ0v) is 17.4. The average molecular weight is 397 g/mol. The summed E-state index contributed by atoms with van der Waals surface area (Å²) in [4.78, 5) is 12.9. The first kappa shape index (κ1) is 16.7. The van der Waals surface area contributed by atoms with Gasteiger partial charge in [0.15, 0.2) is 10.6 Å². The van der Waals surface area contributed by atoms with Gasteiger partial charge in [-0.15, -0.1) is 0 Å². The van der Waals surface area contributed by atoms with Crippen molar-refractivity contribution >= 4 is 43.8 Å². The van der Waals surface area contributed by atoms with Crippen molar-refractivity contribution in [1.82, 2.24) is 14.4 Å². The minimum atomic E-state index is -0.0731. The number of aromatic nitrogens is 3. The lowest BCUT2D eigenvalue weighted by molar-refractivity contribution is 0.631. The van der Waals surface area contributed by atoms with Crippen LogP contribution in [0.25, 0.3) is 15.3 Å². The zero-order chi connectivity index (χ0) is 19.8. The molecule has 0 fully saturated rings. The molecule has 0 unspecified atom stereocenters. The molecule has 0 atom stereocenters. The number of hydrogen-bond donors (Lipinski definition) is 0. The van der Waals surface area contributed by atoms with Crippen molar-refractivity contribution in [1.29, 1.82) is 0 Å². The summed E-state index contributed by atoms with van der Waals surface area (Å²) in [5.41, 5.74) is 6.95. The number of aryl methyl sites for hydroxylation is 1. The second-order valence-electron chi connectivity index (χ2n) is 8.06. The standard InChI is InChI=1S/C24H20N4S/c1-15-22(28-21-20(13-8-14-25-21)29-23(28)26-15)27-18-11-6-4-9-16(18)24(2,3)17-10-5-7-12-19(17)27/h4-14H,1-3H3. The van der Waals surface area contributed by atoms with Gasteiger partial charge >= 0.3 is 0 Å². The molecule has 3 aromatic heterocycles. The lowest BCUT2D eigenvalue weighted by atomic mass is 9.73. The lowest BCUT2D eigenvalue weighted by Gasteiger charge is -2.41. The van der Waals surface area contributed by atoms with Gasteiger partial charge in [0.1, 0.15) is 5.82 Å². The highest BCUT2D eigenvalue weighted by molar-refractivity contribution is 7.23. The molecule has 0 spiro atoms. The van der Waals surface area contributed by atoms with E-state index in [9.17, 15) is 0 Å². The van der Waals surface area contributed by atoms with Gasteiger partial charge in [-0.2, -0.15) is 0 Å². The Hall–Kier alpha value is -3.18. The molecule has 1 aliphatic heterocycles. The van der Waals surface area contributed by atoms with Crippen molar-refractivity contribution in [2.24, 2.45) is 0 Å². The third-order valence-electron chi connectivity index (χ3n) is 6.00. The molecule has 5 heteroatoms. The van der Waals surface area contributed by atoms with E-state index < -0.39 is 0 Å². The third-order valence-corrected chi connectivity index (χ3v) is 7.00. The molecule has 4 heterocycles. The number of imidazole rings is 1. The minimum absolute atomic E-state index is 0.0731. The predicted molar refractivity (Wildman–Crippen MR) is 120 cm³/mol. The number of fused-ring (bicyclic) bond motifs is 5. The SMILES string of the molecule is Cc1nc2sc3cccnc3n2c1N1c2ccccc2C(C)(C)c2ccccc21. The normalized spacial score (nSPS) is 14.9. The maximum atomic E-state index is 4.91. The van der Waals surface area contributed by atoms with Crippen LogP contribution in [-0.4, -0.2) is 14.4 Å². The monoisotopic (exact) mass is 396 g/mol. The predicted octanol–water partition coefficient (Wildman–Crippen LogP) is 6.36. The van der Waals surface area contributed by atoms with Gasteiger partial charge in [0.05, 0.1) is 21.8 Å². The van der Waals surface area contributed by atoms with Crippen LogP contribution >= 0.6 is 11.3 Å². The number of nitrogens with zero attached hydrogens (tertiary/aromatic N) is 4. The van der Waals surface area contributed by atoms with E-state index in [2.05, 4.69) is 89.7 Å². The first-order valence-electron chi connectivity index (χ1n) is 9.79. The van der Waals surface area contributed by atoms with Crippen LogP contribution in [0.1, 0.15) is 30.7 Å². The van der Waals surface area contributed by atoms with Gasteiger partial charge in [0, 0.05) is 11.6 Å². The molecule has 0 N–H and O–H groups in total. The molecule has 0 radical (unpaired) electrons. The summed E-state index contributed by atoms with van der Waals surface area (Å²) < 4.78 is 3.36. The van der Waals surface area contributed by atoms with Crippen LogP contribution in [0.3, 0.4) is 0 Å². The maximum absolute atomic E-state index is 4.91. The molecule has 1 aliphatic rings. The van der Waals surface area contributed by atoms with E-state index in [-0.39, 0.29) is 5.41 Å². The van der Waals surface area contributed by atoms with E-state index >= 15 is 0 Å². The van der Waals surface area contributed by atoms with Crippen LogP contribution in [0, 0.1) is 6.92 Å². The Balaban J connectivity index is 1.76. The Bertz CT molecular complexity index is 1360. The van der Waals surface area contributed by atoms with Gasteiger partial charge in [0.2, 0.25) is 0 Å². The molecule has 29 heavy (non-hydrogen) atoms. The highest BCUT2D eigenvalue weighted by Gasteiger charge is 2.38. The molecule has 0 saturated carbocycles. The Morgan fingerprint density at radius 2 is 1.52 bits per heavy atom.